The van der Waals surface area contributed by atoms with Crippen molar-refractivity contribution in [3.05, 3.63) is 137 Å². The summed E-state index contributed by atoms with van der Waals surface area (Å²) in [5, 5.41) is 6.14. The lowest BCUT2D eigenvalue weighted by Gasteiger charge is -2.15. The molecular weight excluding hydrogens is 522 g/mol. The van der Waals surface area contributed by atoms with Crippen molar-refractivity contribution in [1.82, 2.24) is 9.55 Å². The number of hydrogen-bond acceptors (Lipinski definition) is 3. The molecule has 1 unspecified atom stereocenters. The molecule has 37 heavy (non-hydrogen) atoms. The van der Waals surface area contributed by atoms with Crippen LogP contribution in [0.4, 0.5) is 0 Å². The minimum Gasteiger partial charge on any atom is -0.289 e. The Morgan fingerprint density at radius 2 is 1.19 bits per heavy atom. The highest BCUT2D eigenvalue weighted by Gasteiger charge is 2.33. The molecule has 0 N–H and O–H groups in total. The monoisotopic (exact) mass is 540 g/mol. The highest BCUT2D eigenvalue weighted by Crippen LogP contribution is 2.57. The van der Waals surface area contributed by atoms with Gasteiger partial charge in [0.25, 0.3) is 0 Å². The van der Waals surface area contributed by atoms with E-state index in [9.17, 15) is 9.36 Å². The van der Waals surface area contributed by atoms with Crippen molar-refractivity contribution in [2.75, 3.05) is 0 Å². The number of benzene rings is 4. The first-order valence-electron chi connectivity index (χ1n) is 11.6. The number of ketones is 1. The number of fused-ring (bicyclic) bond motifs is 2. The van der Waals surface area contributed by atoms with E-state index in [-0.39, 0.29) is 5.78 Å². The molecule has 7 heteroatoms. The smallest absolute Gasteiger partial charge is 0.238 e. The van der Waals surface area contributed by atoms with Gasteiger partial charge in [0.1, 0.15) is 5.69 Å². The van der Waals surface area contributed by atoms with Crippen LogP contribution in [0.5, 0.6) is 0 Å². The Bertz CT molecular complexity index is 1730. The highest BCUT2D eigenvalue weighted by atomic mass is 35.5. The van der Waals surface area contributed by atoms with E-state index >= 15 is 0 Å². The van der Waals surface area contributed by atoms with E-state index < -0.39 is 7.29 Å². The molecule has 1 aliphatic carbocycles. The standard InChI is InChI=1S/C30H19Cl2N2O2P/c31-25(20-10-3-1-4-11-20)18-37(36,19-26(32)21-12-5-2-6-13-21)34-27-17-9-16-24-28(27)29(33-34)22-14-7-8-15-23(22)30(24)35/h1-19H/b25-18-,26-19+. The highest BCUT2D eigenvalue weighted by molar-refractivity contribution is 7.69. The van der Waals surface area contributed by atoms with Gasteiger partial charge in [-0.2, -0.15) is 5.10 Å². The zero-order valence-electron chi connectivity index (χ0n) is 19.4. The van der Waals surface area contributed by atoms with Gasteiger partial charge in [-0.05, 0) is 17.2 Å². The maximum absolute atomic E-state index is 14.9. The van der Waals surface area contributed by atoms with Crippen LogP contribution in [0.1, 0.15) is 27.0 Å². The minimum absolute atomic E-state index is 0.0844. The number of rotatable bonds is 5. The molecule has 1 atom stereocenters. The Balaban J connectivity index is 1.64. The number of aromatic nitrogens is 2. The molecule has 0 saturated carbocycles. The third-order valence-electron chi connectivity index (χ3n) is 6.35. The molecule has 5 aromatic rings. The van der Waals surface area contributed by atoms with Gasteiger partial charge in [0.2, 0.25) is 7.29 Å². The molecule has 6 rings (SSSR count). The Kier molecular flexibility index (Phi) is 5.97. The zero-order valence-corrected chi connectivity index (χ0v) is 21.8. The van der Waals surface area contributed by atoms with Gasteiger partial charge < -0.3 is 0 Å². The molecule has 4 nitrogen and oxygen atoms in total. The lowest BCUT2D eigenvalue weighted by Crippen LogP contribution is -2.08. The van der Waals surface area contributed by atoms with E-state index in [0.29, 0.717) is 43.4 Å². The first kappa shape index (κ1) is 23.7. The molecule has 180 valence electrons. The molecule has 0 bridgehead atoms. The van der Waals surface area contributed by atoms with Crippen molar-refractivity contribution >= 4 is 57.2 Å². The van der Waals surface area contributed by atoms with Gasteiger partial charge in [-0.15, -0.1) is 0 Å². The third kappa shape index (κ3) is 4.08. The summed E-state index contributed by atoms with van der Waals surface area (Å²) >= 11 is 13.5. The topological polar surface area (TPSA) is 52.0 Å². The van der Waals surface area contributed by atoms with Gasteiger partial charge in [0, 0.05) is 33.7 Å². The fourth-order valence-corrected chi connectivity index (χ4v) is 7.68. The Hall–Kier alpha value is -3.69. The van der Waals surface area contributed by atoms with Crippen LogP contribution in [0.2, 0.25) is 0 Å². The van der Waals surface area contributed by atoms with E-state index in [1.165, 1.54) is 16.1 Å². The van der Waals surface area contributed by atoms with Crippen LogP contribution in [-0.4, -0.2) is 15.3 Å². The number of carbonyl (C=O) groups excluding carboxylic acids is 1. The summed E-state index contributed by atoms with van der Waals surface area (Å²) in [6.07, 6.45) is 0. The number of hydrogen-bond donors (Lipinski definition) is 0. The molecule has 1 heterocycles. The Morgan fingerprint density at radius 3 is 1.78 bits per heavy atom. The predicted molar refractivity (Wildman–Crippen MR) is 152 cm³/mol. The van der Waals surface area contributed by atoms with Crippen molar-refractivity contribution < 1.29 is 9.36 Å². The first-order valence-corrected chi connectivity index (χ1v) is 14.2. The van der Waals surface area contributed by atoms with Gasteiger partial charge in [-0.25, -0.2) is 4.45 Å². The average molecular weight is 541 g/mol. The summed E-state index contributed by atoms with van der Waals surface area (Å²) in [6.45, 7) is 0. The molecule has 0 saturated heterocycles. The first-order chi connectivity index (χ1) is 18.0. The SMILES string of the molecule is O=C1c2ccccc2-c2nn(P(=O)(/C=C(\Cl)c3ccccc3)/C=C(/Cl)c3ccccc3)c3cccc1c23. The van der Waals surface area contributed by atoms with Crippen molar-refractivity contribution in [2.45, 2.75) is 0 Å². The normalized spacial score (nSPS) is 14.9. The Labute approximate surface area is 223 Å². The van der Waals surface area contributed by atoms with Gasteiger partial charge in [0.15, 0.2) is 5.78 Å². The lowest BCUT2D eigenvalue weighted by molar-refractivity contribution is 0.104. The maximum Gasteiger partial charge on any atom is 0.238 e. The van der Waals surface area contributed by atoms with Crippen LogP contribution in [0.25, 0.3) is 32.2 Å². The minimum atomic E-state index is -3.67. The van der Waals surface area contributed by atoms with E-state index in [4.69, 9.17) is 28.3 Å². The third-order valence-corrected chi connectivity index (χ3v) is 9.47. The van der Waals surface area contributed by atoms with E-state index in [1.807, 2.05) is 84.9 Å². The fraction of sp³-hybridized carbons (Fsp3) is 0. The van der Waals surface area contributed by atoms with Crippen LogP contribution in [0, 0.1) is 0 Å². The maximum atomic E-state index is 14.9. The van der Waals surface area contributed by atoms with Gasteiger partial charge >= 0.3 is 0 Å². The predicted octanol–water partition coefficient (Wildman–Crippen LogP) is 8.85. The van der Waals surface area contributed by atoms with Crippen LogP contribution in [-0.2, 0) is 4.57 Å². The second-order valence-corrected chi connectivity index (χ2v) is 11.7. The molecule has 0 aliphatic heterocycles. The lowest BCUT2D eigenvalue weighted by atomic mass is 9.87. The molecule has 0 fully saturated rings. The average Bonchev–Trinajstić information content (AvgIpc) is 3.34. The molecule has 1 aromatic heterocycles. The summed E-state index contributed by atoms with van der Waals surface area (Å²) in [7, 11) is -3.67. The number of nitrogens with zero attached hydrogens (tertiary/aromatic N) is 2. The number of halogens is 2. The summed E-state index contributed by atoms with van der Waals surface area (Å²) < 4.78 is 16.4. The number of carbonyl (C=O) groups is 1. The van der Waals surface area contributed by atoms with Crippen LogP contribution < -0.4 is 0 Å². The van der Waals surface area contributed by atoms with Crippen molar-refractivity contribution in [1.29, 1.82) is 0 Å². The summed E-state index contributed by atoms with van der Waals surface area (Å²) in [6, 6.07) is 31.3. The van der Waals surface area contributed by atoms with Gasteiger partial charge in [-0.3, -0.25) is 9.36 Å². The van der Waals surface area contributed by atoms with Gasteiger partial charge in [-0.1, -0.05) is 120 Å². The second kappa shape index (κ2) is 9.32. The molecule has 4 aromatic carbocycles. The summed E-state index contributed by atoms with van der Waals surface area (Å²) in [5.41, 5.74) is 4.42. The van der Waals surface area contributed by atoms with Crippen LogP contribution in [0.3, 0.4) is 0 Å². The largest absolute Gasteiger partial charge is 0.289 e. The van der Waals surface area contributed by atoms with E-state index in [1.54, 1.807) is 18.2 Å². The molecule has 0 spiro atoms. The molecule has 0 amide bonds. The van der Waals surface area contributed by atoms with E-state index in [0.717, 1.165) is 11.1 Å². The Morgan fingerprint density at radius 1 is 0.676 bits per heavy atom. The van der Waals surface area contributed by atoms with Crippen LogP contribution >= 0.6 is 30.5 Å². The second-order valence-electron chi connectivity index (χ2n) is 8.67. The quantitative estimate of drug-likeness (QED) is 0.205. The van der Waals surface area contributed by atoms with Crippen molar-refractivity contribution in [3.8, 4) is 11.3 Å². The molecule has 0 radical (unpaired) electrons. The molecule has 1 aliphatic rings. The summed E-state index contributed by atoms with van der Waals surface area (Å²) in [5.74, 6) is 2.95. The molecular formula is C30H19Cl2N2O2P. The fourth-order valence-electron chi connectivity index (χ4n) is 4.62. The van der Waals surface area contributed by atoms with Crippen molar-refractivity contribution in [2.24, 2.45) is 0 Å². The van der Waals surface area contributed by atoms with Crippen molar-refractivity contribution in [3.63, 3.8) is 0 Å². The van der Waals surface area contributed by atoms with Crippen LogP contribution in [0.15, 0.2) is 115 Å². The van der Waals surface area contributed by atoms with E-state index in [2.05, 4.69) is 0 Å². The van der Waals surface area contributed by atoms with Gasteiger partial charge in [0.05, 0.1) is 15.6 Å². The zero-order chi connectivity index (χ0) is 25.6. The summed E-state index contributed by atoms with van der Waals surface area (Å²) in [4.78, 5) is 13.3.